The van der Waals surface area contributed by atoms with Crippen LogP contribution in [-0.4, -0.2) is 13.7 Å². The van der Waals surface area contributed by atoms with E-state index in [1.165, 1.54) is 82.4 Å². The number of hydrogen-bond acceptors (Lipinski definition) is 1. The zero-order chi connectivity index (χ0) is 43.3. The number of aromatic nitrogens is 3. The fourth-order valence-electron chi connectivity index (χ4n) is 10.6. The largest absolute Gasteiger partial charge is 0.439 e. The third-order valence-corrected chi connectivity index (χ3v) is 13.7. The first-order chi connectivity index (χ1) is 32.7. The molecule has 0 amide bonds. The van der Waals surface area contributed by atoms with Crippen LogP contribution < -0.4 is 0 Å². The van der Waals surface area contributed by atoms with Crippen LogP contribution in [0, 0.1) is 0 Å². The Kier molecular flexibility index (Phi) is 7.95. The van der Waals surface area contributed by atoms with Crippen LogP contribution in [-0.2, 0) is 0 Å². The van der Waals surface area contributed by atoms with Gasteiger partial charge in [0.1, 0.15) is 5.58 Å². The number of hydrogen-bond donors (Lipinski definition) is 0. The fourth-order valence-corrected chi connectivity index (χ4v) is 10.6. The zero-order valence-corrected chi connectivity index (χ0v) is 35.8. The van der Waals surface area contributed by atoms with Gasteiger partial charge in [0, 0.05) is 49.4 Å². The number of nitrogens with zero attached hydrogens (tertiary/aromatic N) is 3. The van der Waals surface area contributed by atoms with Gasteiger partial charge in [-0.2, -0.15) is 0 Å². The van der Waals surface area contributed by atoms with Crippen molar-refractivity contribution < 1.29 is 4.42 Å². The summed E-state index contributed by atoms with van der Waals surface area (Å²) in [7, 11) is 0. The average Bonchev–Trinajstić information content (AvgIpc) is 4.12. The molecule has 0 saturated carbocycles. The van der Waals surface area contributed by atoms with E-state index in [9.17, 15) is 0 Å². The summed E-state index contributed by atoms with van der Waals surface area (Å²) >= 11 is 0. The molecule has 0 bridgehead atoms. The van der Waals surface area contributed by atoms with Crippen LogP contribution in [0.4, 0.5) is 0 Å². The van der Waals surface area contributed by atoms with Crippen molar-refractivity contribution >= 4 is 76.6 Å². The summed E-state index contributed by atoms with van der Waals surface area (Å²) in [5, 5.41) is 8.41. The first-order valence-electron chi connectivity index (χ1n) is 22.6. The van der Waals surface area contributed by atoms with Gasteiger partial charge in [-0.25, -0.2) is 0 Å². The molecule has 0 atom stereocenters. The topological polar surface area (TPSA) is 27.9 Å². The number of rotatable bonds is 6. The smallest absolute Gasteiger partial charge is 0.213 e. The maximum atomic E-state index is 6.55. The molecule has 0 spiro atoms. The van der Waals surface area contributed by atoms with Crippen LogP contribution in [0.1, 0.15) is 0 Å². The molecule has 4 heteroatoms. The van der Waals surface area contributed by atoms with Crippen LogP contribution in [0.5, 0.6) is 0 Å². The monoisotopic (exact) mass is 841 g/mol. The van der Waals surface area contributed by atoms with E-state index in [2.05, 4.69) is 244 Å². The molecule has 14 rings (SSSR count). The Hall–Kier alpha value is -8.86. The molecule has 0 N–H and O–H groups in total. The molecular formula is C62H39N3O. The van der Waals surface area contributed by atoms with Gasteiger partial charge in [-0.15, -0.1) is 0 Å². The molecule has 308 valence electrons. The SMILES string of the molecule is c1ccc(-n2c3ccccc3c3cc(-c4ccc5c(c4)c4cc(-c6ccc(-c7ccc8c(c7)c7c9ccccc9oc7n8-c7ccccc7)cc6)ccc4n5-c4ccccc4)ccc32)cc1. The molecule has 0 radical (unpaired) electrons. The molecule has 0 aliphatic heterocycles. The summed E-state index contributed by atoms with van der Waals surface area (Å²) in [6.07, 6.45) is 0. The number of furan rings is 1. The maximum absolute atomic E-state index is 6.55. The van der Waals surface area contributed by atoms with Gasteiger partial charge in [0.25, 0.3) is 0 Å². The summed E-state index contributed by atoms with van der Waals surface area (Å²) in [4.78, 5) is 0. The van der Waals surface area contributed by atoms with Crippen LogP contribution in [0.2, 0.25) is 0 Å². The van der Waals surface area contributed by atoms with Crippen molar-refractivity contribution in [2.75, 3.05) is 0 Å². The first-order valence-corrected chi connectivity index (χ1v) is 22.6. The van der Waals surface area contributed by atoms with Crippen molar-refractivity contribution in [1.29, 1.82) is 0 Å². The molecule has 14 aromatic rings. The third-order valence-electron chi connectivity index (χ3n) is 13.7. The lowest BCUT2D eigenvalue weighted by Crippen LogP contribution is -1.93. The van der Waals surface area contributed by atoms with Crippen molar-refractivity contribution in [3.8, 4) is 50.4 Å². The lowest BCUT2D eigenvalue weighted by molar-refractivity contribution is 0.645. The summed E-state index contributed by atoms with van der Waals surface area (Å²) in [6.45, 7) is 0. The normalized spacial score (nSPS) is 11.9. The Bertz CT molecular complexity index is 4190. The Labute approximate surface area is 380 Å². The Balaban J connectivity index is 0.882. The maximum Gasteiger partial charge on any atom is 0.213 e. The zero-order valence-electron chi connectivity index (χ0n) is 35.8. The number of benzene rings is 10. The average molecular weight is 842 g/mol. The van der Waals surface area contributed by atoms with E-state index in [0.29, 0.717) is 0 Å². The van der Waals surface area contributed by atoms with E-state index in [-0.39, 0.29) is 0 Å². The van der Waals surface area contributed by atoms with Crippen molar-refractivity contribution in [3.05, 3.63) is 237 Å². The van der Waals surface area contributed by atoms with Crippen molar-refractivity contribution in [3.63, 3.8) is 0 Å². The van der Waals surface area contributed by atoms with Gasteiger partial charge in [-0.1, -0.05) is 140 Å². The fraction of sp³-hybridized carbons (Fsp3) is 0. The van der Waals surface area contributed by atoms with Gasteiger partial charge in [-0.3, -0.25) is 4.57 Å². The molecule has 4 aromatic heterocycles. The Morgan fingerprint density at radius 2 is 0.591 bits per heavy atom. The van der Waals surface area contributed by atoms with Crippen molar-refractivity contribution in [1.82, 2.24) is 13.7 Å². The van der Waals surface area contributed by atoms with E-state index in [1.54, 1.807) is 0 Å². The minimum Gasteiger partial charge on any atom is -0.439 e. The molecular weight excluding hydrogens is 803 g/mol. The molecule has 4 nitrogen and oxygen atoms in total. The van der Waals surface area contributed by atoms with Gasteiger partial charge < -0.3 is 13.6 Å². The van der Waals surface area contributed by atoms with E-state index >= 15 is 0 Å². The third kappa shape index (κ3) is 5.52. The minimum atomic E-state index is 0.870. The molecule has 0 fully saturated rings. The van der Waals surface area contributed by atoms with E-state index in [0.717, 1.165) is 44.6 Å². The van der Waals surface area contributed by atoms with E-state index in [1.807, 2.05) is 6.07 Å². The second-order valence-corrected chi connectivity index (χ2v) is 17.3. The minimum absolute atomic E-state index is 0.870. The van der Waals surface area contributed by atoms with Gasteiger partial charge in [0.05, 0.1) is 33.0 Å². The van der Waals surface area contributed by atoms with Gasteiger partial charge in [0.15, 0.2) is 0 Å². The van der Waals surface area contributed by atoms with Crippen LogP contribution in [0.3, 0.4) is 0 Å². The van der Waals surface area contributed by atoms with Crippen LogP contribution >= 0.6 is 0 Å². The standard InChI is InChI=1S/C62H39N3O/c1-4-14-46(15-5-1)63-55-22-12-10-20-49(55)51-37-44(30-33-56(51)63)45-31-34-58-53(38-45)52-36-42(28-32-57(52)64(58)47-16-6-2-7-17-47)40-24-26-41(27-25-40)43-29-35-59-54(39-43)61-50-21-11-13-23-60(50)66-62(61)65(59)48-18-8-3-9-19-48/h1-39H. The highest BCUT2D eigenvalue weighted by Gasteiger charge is 2.21. The Morgan fingerprint density at radius 3 is 1.11 bits per heavy atom. The lowest BCUT2D eigenvalue weighted by atomic mass is 9.97. The number of fused-ring (bicyclic) bond motifs is 11. The highest BCUT2D eigenvalue weighted by molar-refractivity contribution is 6.20. The second kappa shape index (κ2) is 14.3. The number of para-hydroxylation sites is 5. The molecule has 0 aliphatic carbocycles. The lowest BCUT2D eigenvalue weighted by Gasteiger charge is -2.09. The summed E-state index contributed by atoms with van der Waals surface area (Å²) < 4.78 is 13.6. The molecule has 0 aliphatic rings. The van der Waals surface area contributed by atoms with Gasteiger partial charge >= 0.3 is 0 Å². The quantitative estimate of drug-likeness (QED) is 0.164. The highest BCUT2D eigenvalue weighted by Crippen LogP contribution is 2.42. The van der Waals surface area contributed by atoms with Gasteiger partial charge in [0.2, 0.25) is 5.71 Å². The Morgan fingerprint density at radius 1 is 0.242 bits per heavy atom. The summed E-state index contributed by atoms with van der Waals surface area (Å²) in [6, 6.07) is 85.7. The van der Waals surface area contributed by atoms with Gasteiger partial charge in [-0.05, 0) is 130 Å². The van der Waals surface area contributed by atoms with Crippen molar-refractivity contribution in [2.24, 2.45) is 0 Å². The molecule has 10 aromatic carbocycles. The molecule has 66 heavy (non-hydrogen) atoms. The molecule has 0 saturated heterocycles. The van der Waals surface area contributed by atoms with E-state index in [4.69, 9.17) is 4.42 Å². The predicted molar refractivity (Wildman–Crippen MR) is 276 cm³/mol. The first kappa shape index (κ1) is 36.6. The summed E-state index contributed by atoms with van der Waals surface area (Å²) in [5.74, 6) is 0. The van der Waals surface area contributed by atoms with E-state index < -0.39 is 0 Å². The van der Waals surface area contributed by atoms with Crippen LogP contribution in [0.25, 0.3) is 127 Å². The second-order valence-electron chi connectivity index (χ2n) is 17.3. The predicted octanol–water partition coefficient (Wildman–Crippen LogP) is 16.7. The van der Waals surface area contributed by atoms with Crippen LogP contribution in [0.15, 0.2) is 241 Å². The molecule has 0 unspecified atom stereocenters. The summed E-state index contributed by atoms with van der Waals surface area (Å²) in [5.41, 5.74) is 18.2. The molecule has 4 heterocycles. The highest BCUT2D eigenvalue weighted by atomic mass is 16.3. The van der Waals surface area contributed by atoms with Crippen molar-refractivity contribution in [2.45, 2.75) is 0 Å².